The first-order chi connectivity index (χ1) is 14.6. The number of amides is 1. The van der Waals surface area contributed by atoms with Gasteiger partial charge in [-0.2, -0.15) is 4.98 Å². The second kappa shape index (κ2) is 9.17. The molecule has 0 spiro atoms. The summed E-state index contributed by atoms with van der Waals surface area (Å²) >= 11 is 1.67. The van der Waals surface area contributed by atoms with Gasteiger partial charge in [-0.1, -0.05) is 18.2 Å². The molecule has 0 bridgehead atoms. The van der Waals surface area contributed by atoms with Gasteiger partial charge in [0.15, 0.2) is 0 Å². The molecule has 1 aliphatic heterocycles. The first-order valence-corrected chi connectivity index (χ1v) is 11.1. The molecule has 1 aliphatic rings. The predicted molar refractivity (Wildman–Crippen MR) is 120 cm³/mol. The van der Waals surface area contributed by atoms with E-state index in [1.807, 2.05) is 78.7 Å². The second-order valence-corrected chi connectivity index (χ2v) is 7.91. The van der Waals surface area contributed by atoms with E-state index in [1.54, 1.807) is 11.8 Å². The molecule has 1 fully saturated rings. The highest BCUT2D eigenvalue weighted by Gasteiger charge is 2.23. The minimum Gasteiger partial charge on any atom is -0.439 e. The van der Waals surface area contributed by atoms with E-state index in [-0.39, 0.29) is 5.91 Å². The van der Waals surface area contributed by atoms with Crippen molar-refractivity contribution in [3.05, 3.63) is 72.1 Å². The van der Waals surface area contributed by atoms with Gasteiger partial charge in [0.1, 0.15) is 17.4 Å². The van der Waals surface area contributed by atoms with Crippen LogP contribution in [0.2, 0.25) is 0 Å². The van der Waals surface area contributed by atoms with E-state index in [0.717, 1.165) is 35.1 Å². The smallest absolute Gasteiger partial charge is 0.253 e. The number of nitrogens with zero attached hydrogens (tertiary/aromatic N) is 4. The van der Waals surface area contributed by atoms with Crippen molar-refractivity contribution in [1.29, 1.82) is 0 Å². The number of para-hydroxylation sites is 1. The van der Waals surface area contributed by atoms with Crippen LogP contribution in [0.1, 0.15) is 16.2 Å². The summed E-state index contributed by atoms with van der Waals surface area (Å²) in [6, 6.07) is 19.2. The number of hydrogen-bond acceptors (Lipinski definition) is 6. The van der Waals surface area contributed by atoms with E-state index >= 15 is 0 Å². The molecule has 0 N–H and O–H groups in total. The van der Waals surface area contributed by atoms with E-state index in [0.29, 0.717) is 24.8 Å². The molecule has 0 aliphatic carbocycles. The Balaban J connectivity index is 1.41. The van der Waals surface area contributed by atoms with Crippen LogP contribution in [-0.2, 0) is 0 Å². The molecule has 1 aromatic heterocycles. The highest BCUT2D eigenvalue weighted by molar-refractivity contribution is 7.98. The zero-order valence-corrected chi connectivity index (χ0v) is 17.9. The summed E-state index contributed by atoms with van der Waals surface area (Å²) in [7, 11) is 0. The monoisotopic (exact) mass is 420 g/mol. The molecular formula is C23H24N4O2S. The average Bonchev–Trinajstić information content (AvgIpc) is 2.79. The number of hydrogen-bond donors (Lipinski definition) is 0. The van der Waals surface area contributed by atoms with E-state index in [1.165, 1.54) is 0 Å². The number of benzene rings is 2. The number of aromatic nitrogens is 2. The molecule has 1 saturated heterocycles. The molecule has 7 heteroatoms. The van der Waals surface area contributed by atoms with Gasteiger partial charge in [0.2, 0.25) is 5.88 Å². The Morgan fingerprint density at radius 2 is 1.67 bits per heavy atom. The van der Waals surface area contributed by atoms with Crippen molar-refractivity contribution in [2.75, 3.05) is 37.3 Å². The van der Waals surface area contributed by atoms with Crippen molar-refractivity contribution in [2.45, 2.75) is 11.8 Å². The van der Waals surface area contributed by atoms with Crippen LogP contribution in [0.15, 0.2) is 65.6 Å². The van der Waals surface area contributed by atoms with Crippen molar-refractivity contribution < 1.29 is 9.53 Å². The van der Waals surface area contributed by atoms with Crippen LogP contribution in [0.5, 0.6) is 11.6 Å². The molecule has 6 nitrogen and oxygen atoms in total. The van der Waals surface area contributed by atoms with Gasteiger partial charge in [0.05, 0.1) is 0 Å². The molecule has 154 valence electrons. The maximum atomic E-state index is 12.8. The average molecular weight is 421 g/mol. The fourth-order valence-corrected chi connectivity index (χ4v) is 3.81. The normalized spacial score (nSPS) is 13.9. The molecule has 0 atom stereocenters. The maximum absolute atomic E-state index is 12.8. The summed E-state index contributed by atoms with van der Waals surface area (Å²) in [4.78, 5) is 27.0. The molecule has 0 radical (unpaired) electrons. The number of ether oxygens (including phenoxy) is 1. The second-order valence-electron chi connectivity index (χ2n) is 7.03. The Bertz CT molecular complexity index is 1000. The first kappa shape index (κ1) is 20.2. The Morgan fingerprint density at radius 1 is 0.967 bits per heavy atom. The number of aryl methyl sites for hydroxylation is 1. The summed E-state index contributed by atoms with van der Waals surface area (Å²) in [5.74, 6) is 2.82. The molecule has 4 rings (SSSR count). The van der Waals surface area contributed by atoms with Gasteiger partial charge in [-0.25, -0.2) is 4.98 Å². The zero-order valence-electron chi connectivity index (χ0n) is 17.1. The van der Waals surface area contributed by atoms with E-state index < -0.39 is 0 Å². The van der Waals surface area contributed by atoms with E-state index in [9.17, 15) is 4.79 Å². The lowest BCUT2D eigenvalue weighted by Crippen LogP contribution is -2.49. The molecule has 0 saturated carbocycles. The number of rotatable bonds is 5. The Labute approximate surface area is 180 Å². The minimum atomic E-state index is 0.0780. The molecule has 3 aromatic rings. The van der Waals surface area contributed by atoms with E-state index in [4.69, 9.17) is 4.74 Å². The summed E-state index contributed by atoms with van der Waals surface area (Å²) in [6.45, 7) is 4.60. The summed E-state index contributed by atoms with van der Waals surface area (Å²) in [5, 5.41) is 0. The van der Waals surface area contributed by atoms with Gasteiger partial charge in [0.25, 0.3) is 5.91 Å². The van der Waals surface area contributed by atoms with Crippen molar-refractivity contribution >= 4 is 23.5 Å². The standard InChI is InChI=1S/C23H24N4O2S/c1-17-24-21(16-22(25-17)29-19-6-4-3-5-7-19)26-12-14-27(15-13-26)23(28)18-8-10-20(30-2)11-9-18/h3-11,16H,12-15H2,1-2H3. The fourth-order valence-electron chi connectivity index (χ4n) is 3.40. The van der Waals surface area contributed by atoms with Crippen molar-refractivity contribution in [3.63, 3.8) is 0 Å². The fraction of sp³-hybridized carbons (Fsp3) is 0.261. The van der Waals surface area contributed by atoms with Gasteiger partial charge in [-0.15, -0.1) is 11.8 Å². The molecule has 30 heavy (non-hydrogen) atoms. The van der Waals surface area contributed by atoms with Crippen LogP contribution < -0.4 is 9.64 Å². The van der Waals surface area contributed by atoms with Crippen molar-refractivity contribution in [2.24, 2.45) is 0 Å². The van der Waals surface area contributed by atoms with Gasteiger partial charge in [0, 0.05) is 42.7 Å². The van der Waals surface area contributed by atoms with E-state index in [2.05, 4.69) is 14.9 Å². The number of carbonyl (C=O) groups is 1. The highest BCUT2D eigenvalue weighted by Crippen LogP contribution is 2.24. The van der Waals surface area contributed by atoms with Crippen molar-refractivity contribution in [1.82, 2.24) is 14.9 Å². The SMILES string of the molecule is CSc1ccc(C(=O)N2CCN(c3cc(Oc4ccccc4)nc(C)n3)CC2)cc1. The quantitative estimate of drug-likeness (QED) is 0.575. The summed E-state index contributed by atoms with van der Waals surface area (Å²) < 4.78 is 5.88. The molecule has 1 amide bonds. The topological polar surface area (TPSA) is 58.6 Å². The molecular weight excluding hydrogens is 396 g/mol. The van der Waals surface area contributed by atoms with Gasteiger partial charge < -0.3 is 14.5 Å². The number of anilines is 1. The van der Waals surface area contributed by atoms with Gasteiger partial charge in [-0.3, -0.25) is 4.79 Å². The maximum Gasteiger partial charge on any atom is 0.253 e. The van der Waals surface area contributed by atoms with Crippen LogP contribution in [0.25, 0.3) is 0 Å². The third-order valence-electron chi connectivity index (χ3n) is 4.99. The molecule has 2 heterocycles. The lowest BCUT2D eigenvalue weighted by Gasteiger charge is -2.35. The third kappa shape index (κ3) is 4.74. The Kier molecular flexibility index (Phi) is 6.18. The third-order valence-corrected chi connectivity index (χ3v) is 5.74. The number of carbonyl (C=O) groups excluding carboxylic acids is 1. The predicted octanol–water partition coefficient (Wildman–Crippen LogP) is 4.26. The Morgan fingerprint density at radius 3 is 2.33 bits per heavy atom. The van der Waals surface area contributed by atoms with Crippen molar-refractivity contribution in [3.8, 4) is 11.6 Å². The highest BCUT2D eigenvalue weighted by atomic mass is 32.2. The van der Waals surface area contributed by atoms with Gasteiger partial charge in [-0.05, 0) is 49.6 Å². The lowest BCUT2D eigenvalue weighted by molar-refractivity contribution is 0.0746. The number of piperazine rings is 1. The van der Waals surface area contributed by atoms with Crippen LogP contribution >= 0.6 is 11.8 Å². The largest absolute Gasteiger partial charge is 0.439 e. The van der Waals surface area contributed by atoms with Crippen LogP contribution in [0, 0.1) is 6.92 Å². The lowest BCUT2D eigenvalue weighted by atomic mass is 10.2. The summed E-state index contributed by atoms with van der Waals surface area (Å²) in [6.07, 6.45) is 2.03. The molecule has 0 unspecified atom stereocenters. The summed E-state index contributed by atoms with van der Waals surface area (Å²) in [5.41, 5.74) is 0.734. The molecule has 2 aromatic carbocycles. The van der Waals surface area contributed by atoms with Gasteiger partial charge >= 0.3 is 0 Å². The Hall–Kier alpha value is -3.06. The van der Waals surface area contributed by atoms with Crippen LogP contribution in [-0.4, -0.2) is 53.2 Å². The minimum absolute atomic E-state index is 0.0780. The number of thioether (sulfide) groups is 1. The first-order valence-electron chi connectivity index (χ1n) is 9.89. The van der Waals surface area contributed by atoms with Crippen LogP contribution in [0.4, 0.5) is 5.82 Å². The van der Waals surface area contributed by atoms with Crippen LogP contribution in [0.3, 0.4) is 0 Å². The zero-order chi connectivity index (χ0) is 20.9.